The fourth-order valence-corrected chi connectivity index (χ4v) is 5.45. The van der Waals surface area contributed by atoms with E-state index in [9.17, 15) is 14.7 Å². The molecule has 4 heterocycles. The lowest BCUT2D eigenvalue weighted by atomic mass is 9.97. The zero-order valence-corrected chi connectivity index (χ0v) is 21.6. The van der Waals surface area contributed by atoms with E-state index in [4.69, 9.17) is 4.74 Å². The van der Waals surface area contributed by atoms with Gasteiger partial charge in [-0.25, -0.2) is 4.79 Å². The zero-order chi connectivity index (χ0) is 25.8. The standard InChI is InChI=1S/C28H37N5O4/c1-20-2-3-21-6-9-31(16-23(21)14-20)18-26(34)19-33-11-10-32(28(33)36)17-25-5-4-24(15-29-25)30-27(35)22-7-12-37-13-8-22/h2-5,14-15,22,26,34H,6-13,16-19H2,1H3,(H,30,35)/t26-/m1/s1. The van der Waals surface area contributed by atoms with Crippen molar-refractivity contribution >= 4 is 17.6 Å². The van der Waals surface area contributed by atoms with Crippen LogP contribution in [0.2, 0.25) is 0 Å². The van der Waals surface area contributed by atoms with Gasteiger partial charge in [0, 0.05) is 58.4 Å². The SMILES string of the molecule is Cc1ccc2c(c1)CN(C[C@@H](O)CN1CCN(Cc3ccc(NC(=O)C4CCOCC4)cn3)C1=O)CC2. The summed E-state index contributed by atoms with van der Waals surface area (Å²) in [5.74, 6) is -0.0162. The molecule has 3 aliphatic heterocycles. The predicted octanol–water partition coefficient (Wildman–Crippen LogP) is 2.41. The van der Waals surface area contributed by atoms with Crippen LogP contribution in [0, 0.1) is 12.8 Å². The lowest BCUT2D eigenvalue weighted by Crippen LogP contribution is -2.43. The fourth-order valence-electron chi connectivity index (χ4n) is 5.45. The number of anilines is 1. The van der Waals surface area contributed by atoms with Crippen molar-refractivity contribution in [3.63, 3.8) is 0 Å². The highest BCUT2D eigenvalue weighted by molar-refractivity contribution is 5.92. The van der Waals surface area contributed by atoms with Crippen LogP contribution in [0.5, 0.6) is 0 Å². The van der Waals surface area contributed by atoms with Crippen LogP contribution in [-0.2, 0) is 29.0 Å². The van der Waals surface area contributed by atoms with Crippen LogP contribution < -0.4 is 5.32 Å². The summed E-state index contributed by atoms with van der Waals surface area (Å²) in [6, 6.07) is 10.2. The predicted molar refractivity (Wildman–Crippen MR) is 140 cm³/mol. The monoisotopic (exact) mass is 507 g/mol. The van der Waals surface area contributed by atoms with Gasteiger partial charge in [-0.15, -0.1) is 0 Å². The Morgan fingerprint density at radius 1 is 1.11 bits per heavy atom. The number of rotatable bonds is 8. The normalized spacial score (nSPS) is 19.7. The molecule has 0 unspecified atom stereocenters. The van der Waals surface area contributed by atoms with E-state index in [0.29, 0.717) is 51.6 Å². The Hall–Kier alpha value is -3.01. The third kappa shape index (κ3) is 6.47. The van der Waals surface area contributed by atoms with Crippen LogP contribution in [0.25, 0.3) is 0 Å². The second-order valence-corrected chi connectivity index (χ2v) is 10.5. The number of ether oxygens (including phenoxy) is 1. The molecule has 2 fully saturated rings. The van der Waals surface area contributed by atoms with Crippen molar-refractivity contribution in [3.05, 3.63) is 58.9 Å². The molecule has 1 aromatic carbocycles. The quantitative estimate of drug-likeness (QED) is 0.570. The molecule has 37 heavy (non-hydrogen) atoms. The molecular formula is C28H37N5O4. The van der Waals surface area contributed by atoms with Crippen molar-refractivity contribution in [1.82, 2.24) is 19.7 Å². The second-order valence-electron chi connectivity index (χ2n) is 10.5. The van der Waals surface area contributed by atoms with Crippen molar-refractivity contribution in [1.29, 1.82) is 0 Å². The lowest BCUT2D eigenvalue weighted by molar-refractivity contribution is -0.122. The van der Waals surface area contributed by atoms with Crippen LogP contribution in [0.3, 0.4) is 0 Å². The van der Waals surface area contributed by atoms with Crippen molar-refractivity contribution in [2.24, 2.45) is 5.92 Å². The minimum Gasteiger partial charge on any atom is -0.390 e. The van der Waals surface area contributed by atoms with Crippen molar-refractivity contribution < 1.29 is 19.4 Å². The number of nitrogens with one attached hydrogen (secondary N) is 1. The zero-order valence-electron chi connectivity index (χ0n) is 21.6. The van der Waals surface area contributed by atoms with Gasteiger partial charge in [0.2, 0.25) is 5.91 Å². The van der Waals surface area contributed by atoms with Gasteiger partial charge in [-0.1, -0.05) is 23.8 Å². The summed E-state index contributed by atoms with van der Waals surface area (Å²) >= 11 is 0. The van der Waals surface area contributed by atoms with Gasteiger partial charge in [-0.2, -0.15) is 0 Å². The van der Waals surface area contributed by atoms with Gasteiger partial charge < -0.3 is 25.0 Å². The molecule has 1 aromatic heterocycles. The average molecular weight is 508 g/mol. The minimum atomic E-state index is -0.591. The van der Waals surface area contributed by atoms with Gasteiger partial charge in [0.25, 0.3) is 0 Å². The van der Waals surface area contributed by atoms with Gasteiger partial charge in [0.05, 0.1) is 30.2 Å². The summed E-state index contributed by atoms with van der Waals surface area (Å²) in [6.45, 7) is 7.60. The Labute approximate surface area is 218 Å². The number of aliphatic hydroxyl groups excluding tert-OH is 1. The molecule has 0 radical (unpaired) electrons. The number of hydrogen-bond donors (Lipinski definition) is 2. The smallest absolute Gasteiger partial charge is 0.320 e. The van der Waals surface area contributed by atoms with Crippen molar-refractivity contribution in [2.75, 3.05) is 51.3 Å². The molecule has 0 bridgehead atoms. The highest BCUT2D eigenvalue weighted by Crippen LogP contribution is 2.21. The van der Waals surface area contributed by atoms with Crippen molar-refractivity contribution in [2.45, 2.75) is 45.4 Å². The number of nitrogens with zero attached hydrogens (tertiary/aromatic N) is 4. The molecule has 2 N–H and O–H groups in total. The molecule has 3 amide bonds. The van der Waals surface area contributed by atoms with E-state index in [1.54, 1.807) is 16.0 Å². The van der Waals surface area contributed by atoms with Gasteiger partial charge in [0.1, 0.15) is 0 Å². The number of β-amino-alcohol motifs (C(OH)–C–C–N with tert-alkyl or cyclic N) is 1. The van der Waals surface area contributed by atoms with E-state index in [2.05, 4.69) is 40.3 Å². The average Bonchev–Trinajstić information content (AvgIpc) is 3.23. The van der Waals surface area contributed by atoms with Crippen LogP contribution in [0.15, 0.2) is 36.5 Å². The summed E-state index contributed by atoms with van der Waals surface area (Å²) in [7, 11) is 0. The summed E-state index contributed by atoms with van der Waals surface area (Å²) in [5.41, 5.74) is 5.41. The van der Waals surface area contributed by atoms with Crippen molar-refractivity contribution in [3.8, 4) is 0 Å². The molecule has 1 atom stereocenters. The molecule has 2 aromatic rings. The minimum absolute atomic E-state index is 0.00523. The first-order valence-corrected chi connectivity index (χ1v) is 13.3. The molecule has 5 rings (SSSR count). The number of amides is 3. The highest BCUT2D eigenvalue weighted by Gasteiger charge is 2.31. The maximum absolute atomic E-state index is 13.0. The number of fused-ring (bicyclic) bond motifs is 1. The molecule has 0 aliphatic carbocycles. The van der Waals surface area contributed by atoms with E-state index in [-0.39, 0.29) is 17.9 Å². The van der Waals surface area contributed by atoms with Crippen LogP contribution >= 0.6 is 0 Å². The van der Waals surface area contributed by atoms with E-state index >= 15 is 0 Å². The molecule has 9 nitrogen and oxygen atoms in total. The Morgan fingerprint density at radius 3 is 2.70 bits per heavy atom. The van der Waals surface area contributed by atoms with Crippen LogP contribution in [-0.4, -0.2) is 88.8 Å². The third-order valence-electron chi connectivity index (χ3n) is 7.57. The van der Waals surface area contributed by atoms with Crippen LogP contribution in [0.4, 0.5) is 10.5 Å². The molecule has 0 saturated carbocycles. The molecular weight excluding hydrogens is 470 g/mol. The molecule has 0 spiro atoms. The van der Waals surface area contributed by atoms with E-state index in [1.807, 2.05) is 12.1 Å². The van der Waals surface area contributed by atoms with E-state index < -0.39 is 6.10 Å². The number of hydrogen-bond acceptors (Lipinski definition) is 6. The number of benzene rings is 1. The number of carbonyl (C=O) groups excluding carboxylic acids is 2. The largest absolute Gasteiger partial charge is 0.390 e. The Morgan fingerprint density at radius 2 is 1.92 bits per heavy atom. The second kappa shape index (κ2) is 11.6. The summed E-state index contributed by atoms with van der Waals surface area (Å²) < 4.78 is 5.32. The topological polar surface area (TPSA) is 98.2 Å². The highest BCUT2D eigenvalue weighted by atomic mass is 16.5. The Kier molecular flexibility index (Phi) is 8.02. The maximum Gasteiger partial charge on any atom is 0.320 e. The summed E-state index contributed by atoms with van der Waals surface area (Å²) in [4.78, 5) is 35.6. The van der Waals surface area contributed by atoms with Gasteiger partial charge in [0.15, 0.2) is 0 Å². The summed E-state index contributed by atoms with van der Waals surface area (Å²) in [5, 5.41) is 13.7. The number of aliphatic hydroxyl groups is 1. The number of aryl methyl sites for hydroxylation is 1. The number of urea groups is 1. The first-order chi connectivity index (χ1) is 17.9. The summed E-state index contributed by atoms with van der Waals surface area (Å²) in [6.07, 6.45) is 3.53. The lowest BCUT2D eigenvalue weighted by Gasteiger charge is -2.31. The Balaban J connectivity index is 1.07. The van der Waals surface area contributed by atoms with Gasteiger partial charge >= 0.3 is 6.03 Å². The molecule has 198 valence electrons. The molecule has 3 aliphatic rings. The van der Waals surface area contributed by atoms with E-state index in [0.717, 1.165) is 38.0 Å². The molecule has 9 heteroatoms. The Bertz CT molecular complexity index is 1100. The van der Waals surface area contributed by atoms with Crippen LogP contribution in [0.1, 0.15) is 35.2 Å². The number of aromatic nitrogens is 1. The first-order valence-electron chi connectivity index (χ1n) is 13.3. The van der Waals surface area contributed by atoms with Gasteiger partial charge in [-0.3, -0.25) is 14.7 Å². The number of carbonyl (C=O) groups is 2. The van der Waals surface area contributed by atoms with E-state index in [1.165, 1.54) is 16.7 Å². The van der Waals surface area contributed by atoms with Gasteiger partial charge in [-0.05, 0) is 49.4 Å². The third-order valence-corrected chi connectivity index (χ3v) is 7.57. The maximum atomic E-state index is 13.0. The first kappa shape index (κ1) is 25.6. The number of pyridine rings is 1. The fraction of sp³-hybridized carbons (Fsp3) is 0.536. The molecule has 2 saturated heterocycles.